The number of hydrogen-bond acceptors (Lipinski definition) is 3. The smallest absolute Gasteiger partial charge is 0.0702 e. The molecule has 1 aliphatic rings. The number of hydrogen-bond donors (Lipinski definition) is 1. The second-order valence-electron chi connectivity index (χ2n) is 4.71. The van der Waals surface area contributed by atoms with Gasteiger partial charge in [-0.15, -0.1) is 0 Å². The summed E-state index contributed by atoms with van der Waals surface area (Å²) in [6.45, 7) is 5.11. The second kappa shape index (κ2) is 7.20. The van der Waals surface area contributed by atoms with Crippen molar-refractivity contribution in [1.82, 2.24) is 4.90 Å². The molecule has 0 radical (unpaired) electrons. The first-order valence-corrected chi connectivity index (χ1v) is 6.26. The maximum atomic E-state index is 5.74. The highest BCUT2D eigenvalue weighted by Crippen LogP contribution is 2.15. The molecule has 1 heterocycles. The van der Waals surface area contributed by atoms with Gasteiger partial charge < -0.3 is 15.4 Å². The first-order chi connectivity index (χ1) is 7.24. The van der Waals surface area contributed by atoms with Crippen LogP contribution in [0.3, 0.4) is 0 Å². The Hall–Kier alpha value is -0.120. The quantitative estimate of drug-likeness (QED) is 0.730. The molecule has 0 aromatic carbocycles. The van der Waals surface area contributed by atoms with Crippen molar-refractivity contribution >= 4 is 0 Å². The Labute approximate surface area is 94.0 Å². The highest BCUT2D eigenvalue weighted by Gasteiger charge is 2.18. The van der Waals surface area contributed by atoms with E-state index in [0.29, 0.717) is 12.1 Å². The number of rotatable bonds is 6. The Bertz CT molecular complexity index is 158. The van der Waals surface area contributed by atoms with E-state index in [1.807, 2.05) is 0 Å². The average Bonchev–Trinajstić information content (AvgIpc) is 2.27. The molecule has 0 saturated carbocycles. The summed E-state index contributed by atoms with van der Waals surface area (Å²) in [6, 6.07) is 0.624. The van der Waals surface area contributed by atoms with Crippen LogP contribution in [0.1, 0.15) is 39.0 Å². The largest absolute Gasteiger partial charge is 0.377 e. The number of ether oxygens (including phenoxy) is 1. The molecule has 15 heavy (non-hydrogen) atoms. The molecule has 0 aromatic rings. The van der Waals surface area contributed by atoms with Gasteiger partial charge in [-0.05, 0) is 52.6 Å². The Morgan fingerprint density at radius 1 is 1.47 bits per heavy atom. The van der Waals surface area contributed by atoms with Crippen LogP contribution in [-0.2, 0) is 4.74 Å². The molecular weight excluding hydrogens is 188 g/mol. The topological polar surface area (TPSA) is 38.5 Å². The number of likely N-dealkylation sites (N-methyl/N-ethyl adjacent to an activating group) is 1. The molecule has 0 spiro atoms. The fourth-order valence-electron chi connectivity index (χ4n) is 2.09. The van der Waals surface area contributed by atoms with E-state index < -0.39 is 0 Å². The van der Waals surface area contributed by atoms with Gasteiger partial charge in [0.05, 0.1) is 6.10 Å². The Kier molecular flexibility index (Phi) is 6.22. The SMILES string of the molecule is CC(CCCN)N(C)CC1CCCCO1. The molecule has 3 nitrogen and oxygen atoms in total. The summed E-state index contributed by atoms with van der Waals surface area (Å²) in [6.07, 6.45) is 6.58. The summed E-state index contributed by atoms with van der Waals surface area (Å²) >= 11 is 0. The van der Waals surface area contributed by atoms with Crippen molar-refractivity contribution < 1.29 is 4.74 Å². The van der Waals surface area contributed by atoms with E-state index in [0.717, 1.165) is 26.1 Å². The van der Waals surface area contributed by atoms with Crippen molar-refractivity contribution in [2.24, 2.45) is 5.73 Å². The molecule has 90 valence electrons. The zero-order valence-electron chi connectivity index (χ0n) is 10.2. The summed E-state index contributed by atoms with van der Waals surface area (Å²) in [5.74, 6) is 0. The van der Waals surface area contributed by atoms with Crippen LogP contribution < -0.4 is 5.73 Å². The van der Waals surface area contributed by atoms with E-state index in [1.54, 1.807) is 0 Å². The third kappa shape index (κ3) is 4.96. The van der Waals surface area contributed by atoms with Gasteiger partial charge in [0.15, 0.2) is 0 Å². The Morgan fingerprint density at radius 2 is 2.27 bits per heavy atom. The zero-order chi connectivity index (χ0) is 11.1. The van der Waals surface area contributed by atoms with Crippen molar-refractivity contribution in [3.63, 3.8) is 0 Å². The summed E-state index contributed by atoms with van der Waals surface area (Å²) in [5.41, 5.74) is 5.52. The van der Waals surface area contributed by atoms with Gasteiger partial charge in [0.2, 0.25) is 0 Å². The van der Waals surface area contributed by atoms with E-state index in [9.17, 15) is 0 Å². The Morgan fingerprint density at radius 3 is 2.87 bits per heavy atom. The molecule has 3 heteroatoms. The minimum absolute atomic E-state index is 0.462. The zero-order valence-corrected chi connectivity index (χ0v) is 10.2. The molecule has 0 bridgehead atoms. The van der Waals surface area contributed by atoms with E-state index in [-0.39, 0.29) is 0 Å². The fourth-order valence-corrected chi connectivity index (χ4v) is 2.09. The summed E-state index contributed by atoms with van der Waals surface area (Å²) in [5, 5.41) is 0. The van der Waals surface area contributed by atoms with E-state index in [2.05, 4.69) is 18.9 Å². The minimum atomic E-state index is 0.462. The van der Waals surface area contributed by atoms with Crippen molar-refractivity contribution in [3.8, 4) is 0 Å². The maximum absolute atomic E-state index is 5.74. The van der Waals surface area contributed by atoms with Crippen LogP contribution in [-0.4, -0.2) is 43.8 Å². The third-order valence-corrected chi connectivity index (χ3v) is 3.34. The van der Waals surface area contributed by atoms with Gasteiger partial charge in [0.1, 0.15) is 0 Å². The predicted molar refractivity (Wildman–Crippen MR) is 64.0 cm³/mol. The molecule has 1 fully saturated rings. The van der Waals surface area contributed by atoms with E-state index in [1.165, 1.54) is 25.7 Å². The van der Waals surface area contributed by atoms with Gasteiger partial charge in [-0.1, -0.05) is 0 Å². The highest BCUT2D eigenvalue weighted by molar-refractivity contribution is 4.71. The summed E-state index contributed by atoms with van der Waals surface area (Å²) in [4.78, 5) is 2.41. The molecule has 2 N–H and O–H groups in total. The molecule has 0 aliphatic carbocycles. The lowest BCUT2D eigenvalue weighted by molar-refractivity contribution is -0.00754. The molecule has 1 rings (SSSR count). The van der Waals surface area contributed by atoms with Gasteiger partial charge in [-0.25, -0.2) is 0 Å². The molecule has 2 unspecified atom stereocenters. The monoisotopic (exact) mass is 214 g/mol. The minimum Gasteiger partial charge on any atom is -0.377 e. The maximum Gasteiger partial charge on any atom is 0.0702 e. The number of nitrogens with two attached hydrogens (primary N) is 1. The van der Waals surface area contributed by atoms with Crippen molar-refractivity contribution in [3.05, 3.63) is 0 Å². The second-order valence-corrected chi connectivity index (χ2v) is 4.71. The summed E-state index contributed by atoms with van der Waals surface area (Å²) in [7, 11) is 2.19. The lowest BCUT2D eigenvalue weighted by Crippen LogP contribution is -2.38. The van der Waals surface area contributed by atoms with Gasteiger partial charge in [-0.2, -0.15) is 0 Å². The highest BCUT2D eigenvalue weighted by atomic mass is 16.5. The summed E-state index contributed by atoms with van der Waals surface area (Å²) < 4.78 is 5.74. The van der Waals surface area contributed by atoms with E-state index in [4.69, 9.17) is 10.5 Å². The molecule has 0 amide bonds. The molecule has 2 atom stereocenters. The average molecular weight is 214 g/mol. The van der Waals surface area contributed by atoms with Crippen LogP contribution in [0.15, 0.2) is 0 Å². The predicted octanol–water partition coefficient (Wildman–Crippen LogP) is 1.61. The van der Waals surface area contributed by atoms with Crippen LogP contribution in [0.5, 0.6) is 0 Å². The standard InChI is InChI=1S/C12H26N2O/c1-11(6-5-8-13)14(2)10-12-7-3-4-9-15-12/h11-12H,3-10,13H2,1-2H3. The van der Waals surface area contributed by atoms with Crippen LogP contribution in [0.2, 0.25) is 0 Å². The van der Waals surface area contributed by atoms with Crippen LogP contribution in [0.25, 0.3) is 0 Å². The molecule has 1 aliphatic heterocycles. The van der Waals surface area contributed by atoms with E-state index >= 15 is 0 Å². The fraction of sp³-hybridized carbons (Fsp3) is 1.00. The molecule has 1 saturated heterocycles. The number of nitrogens with zero attached hydrogens (tertiary/aromatic N) is 1. The molecule has 0 aromatic heterocycles. The van der Waals surface area contributed by atoms with Crippen molar-refractivity contribution in [1.29, 1.82) is 0 Å². The normalized spacial score (nSPS) is 24.4. The van der Waals surface area contributed by atoms with Gasteiger partial charge in [-0.3, -0.25) is 0 Å². The van der Waals surface area contributed by atoms with Gasteiger partial charge >= 0.3 is 0 Å². The van der Waals surface area contributed by atoms with Crippen LogP contribution in [0.4, 0.5) is 0 Å². The van der Waals surface area contributed by atoms with Crippen molar-refractivity contribution in [2.75, 3.05) is 26.7 Å². The molecular formula is C12H26N2O. The first-order valence-electron chi connectivity index (χ1n) is 6.26. The van der Waals surface area contributed by atoms with Gasteiger partial charge in [0, 0.05) is 19.2 Å². The lowest BCUT2D eigenvalue weighted by Gasteiger charge is -2.31. The van der Waals surface area contributed by atoms with Crippen LogP contribution in [0, 0.1) is 0 Å². The van der Waals surface area contributed by atoms with Crippen LogP contribution >= 0.6 is 0 Å². The lowest BCUT2D eigenvalue weighted by atomic mass is 10.1. The first kappa shape index (κ1) is 12.9. The van der Waals surface area contributed by atoms with Crippen molar-refractivity contribution in [2.45, 2.75) is 51.2 Å². The Balaban J connectivity index is 2.17. The van der Waals surface area contributed by atoms with Gasteiger partial charge in [0.25, 0.3) is 0 Å². The third-order valence-electron chi connectivity index (χ3n) is 3.34.